The van der Waals surface area contributed by atoms with Crippen molar-refractivity contribution in [1.82, 2.24) is 4.98 Å². The summed E-state index contributed by atoms with van der Waals surface area (Å²) in [6.07, 6.45) is 0.245. The normalized spacial score (nSPS) is 12.1. The van der Waals surface area contributed by atoms with Crippen molar-refractivity contribution in [2.75, 3.05) is 11.9 Å². The van der Waals surface area contributed by atoms with Gasteiger partial charge >= 0.3 is 0 Å². The first-order valence-electron chi connectivity index (χ1n) is 6.13. The molecule has 0 amide bonds. The van der Waals surface area contributed by atoms with Crippen molar-refractivity contribution in [2.45, 2.75) is 19.4 Å². The van der Waals surface area contributed by atoms with Crippen molar-refractivity contribution in [3.8, 4) is 0 Å². The van der Waals surface area contributed by atoms with Crippen LogP contribution in [0.1, 0.15) is 11.3 Å². The predicted molar refractivity (Wildman–Crippen MR) is 73.6 cm³/mol. The van der Waals surface area contributed by atoms with E-state index in [9.17, 15) is 5.11 Å². The Morgan fingerprint density at radius 3 is 2.61 bits per heavy atom. The fourth-order valence-corrected chi connectivity index (χ4v) is 1.82. The van der Waals surface area contributed by atoms with Gasteiger partial charge in [0.25, 0.3) is 0 Å². The van der Waals surface area contributed by atoms with Gasteiger partial charge < -0.3 is 10.4 Å². The van der Waals surface area contributed by atoms with E-state index in [0.29, 0.717) is 13.0 Å². The first-order valence-corrected chi connectivity index (χ1v) is 6.13. The number of aliphatic hydroxyl groups excluding tert-OH is 1. The molecule has 1 atom stereocenters. The Bertz CT molecular complexity index is 485. The quantitative estimate of drug-likeness (QED) is 0.846. The lowest BCUT2D eigenvalue weighted by Gasteiger charge is -2.12. The van der Waals surface area contributed by atoms with Gasteiger partial charge in [-0.1, -0.05) is 36.4 Å². The molecule has 0 radical (unpaired) electrons. The van der Waals surface area contributed by atoms with Crippen LogP contribution in [0.2, 0.25) is 0 Å². The summed E-state index contributed by atoms with van der Waals surface area (Å²) < 4.78 is 0. The maximum atomic E-state index is 9.94. The smallest absolute Gasteiger partial charge is 0.126 e. The van der Waals surface area contributed by atoms with Crippen LogP contribution in [0.4, 0.5) is 5.82 Å². The molecule has 2 N–H and O–H groups in total. The molecule has 1 aromatic carbocycles. The summed E-state index contributed by atoms with van der Waals surface area (Å²) in [5.41, 5.74) is 2.11. The molecule has 0 saturated carbocycles. The molecule has 0 aliphatic heterocycles. The molecule has 1 heterocycles. The Labute approximate surface area is 108 Å². The highest BCUT2D eigenvalue weighted by Crippen LogP contribution is 2.06. The Balaban J connectivity index is 1.83. The number of benzene rings is 1. The monoisotopic (exact) mass is 242 g/mol. The number of pyridine rings is 1. The van der Waals surface area contributed by atoms with Crippen LogP contribution in [0, 0.1) is 6.92 Å². The fraction of sp³-hybridized carbons (Fsp3) is 0.267. The number of aromatic nitrogens is 1. The van der Waals surface area contributed by atoms with Gasteiger partial charge in [-0.25, -0.2) is 4.98 Å². The molecule has 0 bridgehead atoms. The largest absolute Gasteiger partial charge is 0.391 e. The van der Waals surface area contributed by atoms with Crippen LogP contribution in [0.3, 0.4) is 0 Å². The van der Waals surface area contributed by atoms with E-state index in [0.717, 1.165) is 17.1 Å². The van der Waals surface area contributed by atoms with E-state index in [1.807, 2.05) is 55.5 Å². The Kier molecular flexibility index (Phi) is 4.31. The highest BCUT2D eigenvalue weighted by molar-refractivity contribution is 5.35. The number of hydrogen-bond donors (Lipinski definition) is 2. The van der Waals surface area contributed by atoms with Crippen LogP contribution in [0.5, 0.6) is 0 Å². The molecule has 1 unspecified atom stereocenters. The Hall–Kier alpha value is -1.87. The van der Waals surface area contributed by atoms with Crippen molar-refractivity contribution in [2.24, 2.45) is 0 Å². The first-order chi connectivity index (χ1) is 8.74. The second kappa shape index (κ2) is 6.17. The minimum Gasteiger partial charge on any atom is -0.391 e. The van der Waals surface area contributed by atoms with Gasteiger partial charge in [-0.2, -0.15) is 0 Å². The Morgan fingerprint density at radius 1 is 1.11 bits per heavy atom. The van der Waals surface area contributed by atoms with E-state index < -0.39 is 6.10 Å². The third-order valence-corrected chi connectivity index (χ3v) is 2.72. The van der Waals surface area contributed by atoms with Gasteiger partial charge in [0.05, 0.1) is 6.10 Å². The molecule has 1 aromatic heterocycles. The van der Waals surface area contributed by atoms with Crippen molar-refractivity contribution in [3.63, 3.8) is 0 Å². The van der Waals surface area contributed by atoms with Crippen LogP contribution >= 0.6 is 0 Å². The molecule has 18 heavy (non-hydrogen) atoms. The van der Waals surface area contributed by atoms with E-state index in [1.165, 1.54) is 0 Å². The minimum atomic E-state index is -0.408. The topological polar surface area (TPSA) is 45.1 Å². The van der Waals surface area contributed by atoms with Crippen LogP contribution in [0.15, 0.2) is 48.5 Å². The van der Waals surface area contributed by atoms with Crippen molar-refractivity contribution in [1.29, 1.82) is 0 Å². The minimum absolute atomic E-state index is 0.408. The molecule has 0 fully saturated rings. The van der Waals surface area contributed by atoms with Gasteiger partial charge in [0, 0.05) is 18.7 Å². The van der Waals surface area contributed by atoms with E-state index in [-0.39, 0.29) is 0 Å². The molecule has 0 spiro atoms. The van der Waals surface area contributed by atoms with Crippen LogP contribution in [-0.4, -0.2) is 22.7 Å². The van der Waals surface area contributed by atoms with Gasteiger partial charge in [0.2, 0.25) is 0 Å². The summed E-state index contributed by atoms with van der Waals surface area (Å²) in [5.74, 6) is 0.808. The van der Waals surface area contributed by atoms with Crippen molar-refractivity contribution >= 4 is 5.82 Å². The number of anilines is 1. The molecule has 3 nitrogen and oxygen atoms in total. The molecule has 2 aromatic rings. The summed E-state index contributed by atoms with van der Waals surface area (Å²) >= 11 is 0. The molecular weight excluding hydrogens is 224 g/mol. The molecule has 94 valence electrons. The average molecular weight is 242 g/mol. The summed E-state index contributed by atoms with van der Waals surface area (Å²) in [7, 11) is 0. The fourth-order valence-electron chi connectivity index (χ4n) is 1.82. The number of nitrogens with one attached hydrogen (secondary N) is 1. The van der Waals surface area contributed by atoms with Crippen LogP contribution in [0.25, 0.3) is 0 Å². The Morgan fingerprint density at radius 2 is 1.89 bits per heavy atom. The predicted octanol–water partition coefficient (Wildman–Crippen LogP) is 2.41. The van der Waals surface area contributed by atoms with Crippen LogP contribution < -0.4 is 5.32 Å². The third-order valence-electron chi connectivity index (χ3n) is 2.72. The number of aliphatic hydroxyl groups is 1. The van der Waals surface area contributed by atoms with E-state index in [2.05, 4.69) is 10.3 Å². The molecule has 3 heteroatoms. The zero-order chi connectivity index (χ0) is 12.8. The summed E-state index contributed by atoms with van der Waals surface area (Å²) in [6, 6.07) is 15.8. The second-order valence-electron chi connectivity index (χ2n) is 4.39. The van der Waals surface area contributed by atoms with Crippen LogP contribution in [-0.2, 0) is 6.42 Å². The lowest BCUT2D eigenvalue weighted by molar-refractivity contribution is 0.188. The number of rotatable bonds is 5. The first kappa shape index (κ1) is 12.6. The van der Waals surface area contributed by atoms with Gasteiger partial charge in [-0.15, -0.1) is 0 Å². The maximum absolute atomic E-state index is 9.94. The molecule has 0 saturated heterocycles. The highest BCUT2D eigenvalue weighted by Gasteiger charge is 2.05. The van der Waals surface area contributed by atoms with Gasteiger partial charge in [0.15, 0.2) is 0 Å². The number of hydrogen-bond acceptors (Lipinski definition) is 3. The van der Waals surface area contributed by atoms with E-state index >= 15 is 0 Å². The zero-order valence-electron chi connectivity index (χ0n) is 10.5. The highest BCUT2D eigenvalue weighted by atomic mass is 16.3. The van der Waals surface area contributed by atoms with Gasteiger partial charge in [-0.05, 0) is 24.6 Å². The molecular formula is C15H18N2O. The zero-order valence-corrected chi connectivity index (χ0v) is 10.5. The summed E-state index contributed by atoms with van der Waals surface area (Å²) in [6.45, 7) is 2.46. The van der Waals surface area contributed by atoms with E-state index in [4.69, 9.17) is 0 Å². The SMILES string of the molecule is Cc1cccc(NCC(O)Cc2ccccc2)n1. The van der Waals surface area contributed by atoms with Gasteiger partial charge in [0.1, 0.15) is 5.82 Å². The average Bonchev–Trinajstić information content (AvgIpc) is 2.38. The molecule has 0 aliphatic carbocycles. The third kappa shape index (κ3) is 3.86. The maximum Gasteiger partial charge on any atom is 0.126 e. The lowest BCUT2D eigenvalue weighted by atomic mass is 10.1. The van der Waals surface area contributed by atoms with Crippen molar-refractivity contribution < 1.29 is 5.11 Å². The standard InChI is InChI=1S/C15H18N2O/c1-12-6-5-9-15(17-12)16-11-14(18)10-13-7-3-2-4-8-13/h2-9,14,18H,10-11H2,1H3,(H,16,17). The number of aryl methyl sites for hydroxylation is 1. The molecule has 0 aliphatic rings. The number of nitrogens with zero attached hydrogens (tertiary/aromatic N) is 1. The second-order valence-corrected chi connectivity index (χ2v) is 4.39. The lowest BCUT2D eigenvalue weighted by Crippen LogP contribution is -2.22. The van der Waals surface area contributed by atoms with Gasteiger partial charge in [-0.3, -0.25) is 0 Å². The summed E-state index contributed by atoms with van der Waals surface area (Å²) in [5, 5.41) is 13.1. The molecule has 2 rings (SSSR count). The summed E-state index contributed by atoms with van der Waals surface area (Å²) in [4.78, 5) is 4.33. The van der Waals surface area contributed by atoms with Crippen molar-refractivity contribution in [3.05, 3.63) is 59.8 Å². The van der Waals surface area contributed by atoms with E-state index in [1.54, 1.807) is 0 Å².